The average molecular weight is 252 g/mol. The van der Waals surface area contributed by atoms with Gasteiger partial charge in [-0.2, -0.15) is 0 Å². The first-order valence-corrected chi connectivity index (χ1v) is 4.28. The number of nitrogens with zero attached hydrogens (tertiary/aromatic N) is 1. The van der Waals surface area contributed by atoms with Gasteiger partial charge in [0.25, 0.3) is 6.43 Å². The molecule has 0 radical (unpaired) electrons. The fraction of sp³-hybridized carbons (Fsp3) is 0.286. The SMILES string of the molecule is NCc1c(C(F)F)ncc(N)c1Br. The largest absolute Gasteiger partial charge is 0.397 e. The van der Waals surface area contributed by atoms with Crippen LogP contribution in [0, 0.1) is 0 Å². The molecule has 0 saturated carbocycles. The van der Waals surface area contributed by atoms with Gasteiger partial charge in [-0.05, 0) is 15.9 Å². The van der Waals surface area contributed by atoms with Gasteiger partial charge in [-0.3, -0.25) is 4.98 Å². The molecule has 0 aliphatic rings. The number of aromatic nitrogens is 1. The third-order valence-electron chi connectivity index (χ3n) is 1.58. The van der Waals surface area contributed by atoms with Crippen LogP contribution in [0.25, 0.3) is 0 Å². The van der Waals surface area contributed by atoms with Crippen molar-refractivity contribution in [3.8, 4) is 0 Å². The number of hydrogen-bond acceptors (Lipinski definition) is 3. The Morgan fingerprint density at radius 2 is 2.15 bits per heavy atom. The molecule has 1 aromatic rings. The van der Waals surface area contributed by atoms with E-state index in [0.717, 1.165) is 0 Å². The molecule has 0 aliphatic carbocycles. The van der Waals surface area contributed by atoms with Gasteiger partial charge in [0.1, 0.15) is 5.69 Å². The second kappa shape index (κ2) is 3.97. The summed E-state index contributed by atoms with van der Waals surface area (Å²) in [4.78, 5) is 3.52. The smallest absolute Gasteiger partial charge is 0.280 e. The van der Waals surface area contributed by atoms with Gasteiger partial charge in [-0.25, -0.2) is 8.78 Å². The van der Waals surface area contributed by atoms with Gasteiger partial charge in [-0.15, -0.1) is 0 Å². The maximum absolute atomic E-state index is 12.3. The molecule has 0 bridgehead atoms. The maximum atomic E-state index is 12.3. The van der Waals surface area contributed by atoms with Gasteiger partial charge < -0.3 is 11.5 Å². The van der Waals surface area contributed by atoms with E-state index in [1.54, 1.807) is 0 Å². The van der Waals surface area contributed by atoms with Crippen molar-refractivity contribution < 1.29 is 8.78 Å². The molecule has 0 amide bonds. The molecule has 1 rings (SSSR count). The van der Waals surface area contributed by atoms with Crippen molar-refractivity contribution in [1.82, 2.24) is 4.98 Å². The van der Waals surface area contributed by atoms with Crippen molar-refractivity contribution in [3.05, 3.63) is 21.9 Å². The zero-order valence-electron chi connectivity index (χ0n) is 6.60. The van der Waals surface area contributed by atoms with Gasteiger partial charge in [0, 0.05) is 16.6 Å². The van der Waals surface area contributed by atoms with Crippen LogP contribution in [0.15, 0.2) is 10.7 Å². The number of nitrogens with two attached hydrogens (primary N) is 2. The van der Waals surface area contributed by atoms with E-state index in [0.29, 0.717) is 10.2 Å². The first-order chi connectivity index (χ1) is 6.07. The van der Waals surface area contributed by atoms with E-state index in [9.17, 15) is 8.78 Å². The van der Waals surface area contributed by atoms with E-state index in [4.69, 9.17) is 11.5 Å². The van der Waals surface area contributed by atoms with Crippen molar-refractivity contribution in [1.29, 1.82) is 0 Å². The molecule has 3 nitrogen and oxygen atoms in total. The van der Waals surface area contributed by atoms with Gasteiger partial charge in [0.15, 0.2) is 0 Å². The molecule has 1 heterocycles. The number of rotatable bonds is 2. The normalized spacial score (nSPS) is 10.8. The highest BCUT2D eigenvalue weighted by molar-refractivity contribution is 9.10. The summed E-state index contributed by atoms with van der Waals surface area (Å²) in [5.41, 5.74) is 11.0. The number of pyridine rings is 1. The summed E-state index contributed by atoms with van der Waals surface area (Å²) in [5, 5.41) is 0. The fourth-order valence-corrected chi connectivity index (χ4v) is 1.41. The van der Waals surface area contributed by atoms with Crippen LogP contribution in [-0.4, -0.2) is 4.98 Å². The highest BCUT2D eigenvalue weighted by Gasteiger charge is 2.17. The van der Waals surface area contributed by atoms with Crippen LogP contribution in [0.5, 0.6) is 0 Å². The van der Waals surface area contributed by atoms with Gasteiger partial charge in [-0.1, -0.05) is 0 Å². The monoisotopic (exact) mass is 251 g/mol. The molecule has 72 valence electrons. The Bertz CT molecular complexity index is 317. The van der Waals surface area contributed by atoms with Crippen LogP contribution in [0.2, 0.25) is 0 Å². The van der Waals surface area contributed by atoms with Crippen LogP contribution in [0.4, 0.5) is 14.5 Å². The Morgan fingerprint density at radius 3 is 2.62 bits per heavy atom. The number of halogens is 3. The number of anilines is 1. The molecular formula is C7H8BrF2N3. The summed E-state index contributed by atoms with van der Waals surface area (Å²) >= 11 is 3.08. The van der Waals surface area contributed by atoms with Crippen molar-refractivity contribution >= 4 is 21.6 Å². The molecule has 0 fully saturated rings. The van der Waals surface area contributed by atoms with Crippen LogP contribution in [0.1, 0.15) is 17.7 Å². The second-order valence-corrected chi connectivity index (χ2v) is 3.19. The summed E-state index contributed by atoms with van der Waals surface area (Å²) in [6.07, 6.45) is -1.44. The summed E-state index contributed by atoms with van der Waals surface area (Å²) in [6, 6.07) is 0. The zero-order chi connectivity index (χ0) is 10.0. The first kappa shape index (κ1) is 10.3. The van der Waals surface area contributed by atoms with Crippen molar-refractivity contribution in [2.75, 3.05) is 5.73 Å². The molecular weight excluding hydrogens is 244 g/mol. The Labute approximate surface area is 82.3 Å². The van der Waals surface area contributed by atoms with Crippen LogP contribution >= 0.6 is 15.9 Å². The van der Waals surface area contributed by atoms with Crippen LogP contribution < -0.4 is 11.5 Å². The second-order valence-electron chi connectivity index (χ2n) is 2.40. The molecule has 0 saturated heterocycles. The molecule has 0 spiro atoms. The molecule has 13 heavy (non-hydrogen) atoms. The topological polar surface area (TPSA) is 64.9 Å². The molecule has 6 heteroatoms. The standard InChI is InChI=1S/C7H8BrF2N3/c8-5-3(1-11)6(7(9)10)13-2-4(5)12/h2,7H,1,11-12H2. The molecule has 0 aliphatic heterocycles. The van der Waals surface area contributed by atoms with Gasteiger partial charge >= 0.3 is 0 Å². The number of alkyl halides is 2. The molecule has 0 aromatic carbocycles. The maximum Gasteiger partial charge on any atom is 0.280 e. The zero-order valence-corrected chi connectivity index (χ0v) is 8.18. The van der Waals surface area contributed by atoms with E-state index in [2.05, 4.69) is 20.9 Å². The Balaban J connectivity index is 3.30. The Kier molecular flexibility index (Phi) is 3.16. The average Bonchev–Trinajstić information content (AvgIpc) is 2.09. The minimum atomic E-state index is -2.63. The lowest BCUT2D eigenvalue weighted by Crippen LogP contribution is -2.07. The molecule has 0 unspecified atom stereocenters. The van der Waals surface area contributed by atoms with E-state index >= 15 is 0 Å². The Morgan fingerprint density at radius 1 is 1.54 bits per heavy atom. The van der Waals surface area contributed by atoms with Crippen LogP contribution in [0.3, 0.4) is 0 Å². The van der Waals surface area contributed by atoms with E-state index in [1.165, 1.54) is 6.20 Å². The molecule has 4 N–H and O–H groups in total. The molecule has 1 aromatic heterocycles. The van der Waals surface area contributed by atoms with Crippen molar-refractivity contribution in [3.63, 3.8) is 0 Å². The van der Waals surface area contributed by atoms with Crippen LogP contribution in [-0.2, 0) is 6.54 Å². The summed E-state index contributed by atoms with van der Waals surface area (Å²) in [6.45, 7) is -0.0156. The first-order valence-electron chi connectivity index (χ1n) is 3.49. The number of hydrogen-bond donors (Lipinski definition) is 2. The lowest BCUT2D eigenvalue weighted by molar-refractivity contribution is 0.145. The number of nitrogen functional groups attached to an aromatic ring is 1. The van der Waals surface area contributed by atoms with E-state index < -0.39 is 6.43 Å². The molecule has 0 atom stereocenters. The van der Waals surface area contributed by atoms with E-state index in [-0.39, 0.29) is 17.8 Å². The summed E-state index contributed by atoms with van der Waals surface area (Å²) < 4.78 is 25.1. The van der Waals surface area contributed by atoms with E-state index in [1.807, 2.05) is 0 Å². The summed E-state index contributed by atoms with van der Waals surface area (Å²) in [5.74, 6) is 0. The van der Waals surface area contributed by atoms with Crippen molar-refractivity contribution in [2.45, 2.75) is 13.0 Å². The van der Waals surface area contributed by atoms with Crippen molar-refractivity contribution in [2.24, 2.45) is 5.73 Å². The third-order valence-corrected chi connectivity index (χ3v) is 2.52. The fourth-order valence-electron chi connectivity index (χ4n) is 0.943. The summed E-state index contributed by atoms with van der Waals surface area (Å²) in [7, 11) is 0. The predicted molar refractivity (Wildman–Crippen MR) is 49.2 cm³/mol. The third kappa shape index (κ3) is 1.94. The lowest BCUT2D eigenvalue weighted by Gasteiger charge is -2.09. The quantitative estimate of drug-likeness (QED) is 0.843. The van der Waals surface area contributed by atoms with Gasteiger partial charge in [0.2, 0.25) is 0 Å². The minimum Gasteiger partial charge on any atom is -0.397 e. The highest BCUT2D eigenvalue weighted by atomic mass is 79.9. The van der Waals surface area contributed by atoms with Gasteiger partial charge in [0.05, 0.1) is 11.9 Å². The Hall–Kier alpha value is -0.750. The highest BCUT2D eigenvalue weighted by Crippen LogP contribution is 2.30. The predicted octanol–water partition coefficient (Wildman–Crippen LogP) is 1.82. The lowest BCUT2D eigenvalue weighted by atomic mass is 10.2. The minimum absolute atomic E-state index is 0.0156.